The van der Waals surface area contributed by atoms with Crippen LogP contribution >= 0.6 is 0 Å². The molecule has 0 unspecified atom stereocenters. The molecule has 2 nitrogen and oxygen atoms in total. The van der Waals surface area contributed by atoms with Gasteiger partial charge >= 0.3 is 0 Å². The Labute approximate surface area is 144 Å². The van der Waals surface area contributed by atoms with Crippen LogP contribution in [0.2, 0.25) is 0 Å². The summed E-state index contributed by atoms with van der Waals surface area (Å²) in [5, 5.41) is 0. The van der Waals surface area contributed by atoms with Crippen molar-refractivity contribution in [3.05, 3.63) is 89.6 Å². The van der Waals surface area contributed by atoms with Crippen molar-refractivity contribution >= 4 is 0 Å². The second-order valence-corrected chi connectivity index (χ2v) is 6.05. The molecule has 0 bridgehead atoms. The molecule has 0 aliphatic heterocycles. The van der Waals surface area contributed by atoms with E-state index in [4.69, 9.17) is 4.74 Å². The SMILES string of the molecule is CO[C@@H](CCc1ccccc1)c1ccc(C)cc1-c1ccccn1. The van der Waals surface area contributed by atoms with Crippen LogP contribution in [0.5, 0.6) is 0 Å². The monoisotopic (exact) mass is 317 g/mol. The molecule has 0 aliphatic carbocycles. The van der Waals surface area contributed by atoms with Gasteiger partial charge in [0.05, 0.1) is 11.8 Å². The van der Waals surface area contributed by atoms with Gasteiger partial charge in [0.25, 0.3) is 0 Å². The molecule has 3 aromatic rings. The van der Waals surface area contributed by atoms with E-state index >= 15 is 0 Å². The quantitative estimate of drug-likeness (QED) is 0.609. The van der Waals surface area contributed by atoms with Crippen molar-refractivity contribution in [2.45, 2.75) is 25.9 Å². The number of benzene rings is 2. The average molecular weight is 317 g/mol. The molecule has 2 aromatic carbocycles. The van der Waals surface area contributed by atoms with E-state index in [1.807, 2.05) is 18.3 Å². The third-order valence-electron chi connectivity index (χ3n) is 4.32. The topological polar surface area (TPSA) is 22.1 Å². The van der Waals surface area contributed by atoms with E-state index in [1.54, 1.807) is 7.11 Å². The molecule has 1 aromatic heterocycles. The molecule has 1 heterocycles. The lowest BCUT2D eigenvalue weighted by Gasteiger charge is -2.20. The van der Waals surface area contributed by atoms with E-state index in [1.165, 1.54) is 16.7 Å². The van der Waals surface area contributed by atoms with Crippen molar-refractivity contribution in [3.8, 4) is 11.3 Å². The van der Waals surface area contributed by atoms with E-state index in [0.29, 0.717) is 0 Å². The van der Waals surface area contributed by atoms with Gasteiger partial charge in [0.1, 0.15) is 0 Å². The van der Waals surface area contributed by atoms with Gasteiger partial charge in [0.15, 0.2) is 0 Å². The number of ether oxygens (including phenoxy) is 1. The van der Waals surface area contributed by atoms with Crippen molar-refractivity contribution in [1.82, 2.24) is 4.98 Å². The van der Waals surface area contributed by atoms with Crippen molar-refractivity contribution in [2.75, 3.05) is 7.11 Å². The highest BCUT2D eigenvalue weighted by atomic mass is 16.5. The predicted octanol–water partition coefficient (Wildman–Crippen LogP) is 5.38. The highest BCUT2D eigenvalue weighted by Crippen LogP contribution is 2.32. The van der Waals surface area contributed by atoms with Gasteiger partial charge in [-0.15, -0.1) is 0 Å². The number of nitrogens with zero attached hydrogens (tertiary/aromatic N) is 1. The Morgan fingerprint density at radius 1 is 0.958 bits per heavy atom. The molecule has 0 saturated heterocycles. The smallest absolute Gasteiger partial charge is 0.0830 e. The third kappa shape index (κ3) is 3.90. The van der Waals surface area contributed by atoms with Crippen LogP contribution < -0.4 is 0 Å². The van der Waals surface area contributed by atoms with Crippen LogP contribution in [0.1, 0.15) is 29.2 Å². The second-order valence-electron chi connectivity index (χ2n) is 6.05. The molecule has 0 saturated carbocycles. The normalized spacial score (nSPS) is 12.1. The lowest BCUT2D eigenvalue weighted by molar-refractivity contribution is 0.0963. The maximum absolute atomic E-state index is 5.83. The molecule has 24 heavy (non-hydrogen) atoms. The first-order chi connectivity index (χ1) is 11.8. The van der Waals surface area contributed by atoms with Gasteiger partial charge in [-0.2, -0.15) is 0 Å². The molecule has 122 valence electrons. The maximum atomic E-state index is 5.83. The molecule has 0 radical (unpaired) electrons. The number of hydrogen-bond donors (Lipinski definition) is 0. The first-order valence-corrected chi connectivity index (χ1v) is 8.36. The summed E-state index contributed by atoms with van der Waals surface area (Å²) in [6.45, 7) is 2.11. The number of pyridine rings is 1. The summed E-state index contributed by atoms with van der Waals surface area (Å²) in [7, 11) is 1.79. The van der Waals surface area contributed by atoms with E-state index < -0.39 is 0 Å². The fraction of sp³-hybridized carbons (Fsp3) is 0.227. The van der Waals surface area contributed by atoms with Crippen LogP contribution in [0.25, 0.3) is 11.3 Å². The Morgan fingerprint density at radius 3 is 2.46 bits per heavy atom. The van der Waals surface area contributed by atoms with Crippen LogP contribution in [-0.2, 0) is 11.2 Å². The Balaban J connectivity index is 1.89. The van der Waals surface area contributed by atoms with Gasteiger partial charge in [-0.3, -0.25) is 4.98 Å². The first kappa shape index (κ1) is 16.4. The van der Waals surface area contributed by atoms with Gasteiger partial charge in [0, 0.05) is 18.9 Å². The molecule has 3 rings (SSSR count). The lowest BCUT2D eigenvalue weighted by atomic mass is 9.94. The Morgan fingerprint density at radius 2 is 1.75 bits per heavy atom. The van der Waals surface area contributed by atoms with Gasteiger partial charge in [-0.1, -0.05) is 54.1 Å². The lowest BCUT2D eigenvalue weighted by Crippen LogP contribution is -2.06. The molecule has 0 spiro atoms. The summed E-state index contributed by atoms with van der Waals surface area (Å²) in [5.74, 6) is 0. The standard InChI is InChI=1S/C22H23NO/c1-17-11-13-19(20(16-17)21-10-6-7-15-23-21)22(24-2)14-12-18-8-4-3-5-9-18/h3-11,13,15-16,22H,12,14H2,1-2H3/t22-/m0/s1. The van der Waals surface area contributed by atoms with E-state index in [-0.39, 0.29) is 6.10 Å². The van der Waals surface area contributed by atoms with Crippen molar-refractivity contribution in [1.29, 1.82) is 0 Å². The third-order valence-corrected chi connectivity index (χ3v) is 4.32. The van der Waals surface area contributed by atoms with Crippen LogP contribution in [-0.4, -0.2) is 12.1 Å². The van der Waals surface area contributed by atoms with E-state index in [2.05, 4.69) is 66.5 Å². The van der Waals surface area contributed by atoms with E-state index in [9.17, 15) is 0 Å². The van der Waals surface area contributed by atoms with Crippen LogP contribution in [0, 0.1) is 6.92 Å². The largest absolute Gasteiger partial charge is 0.377 e. The summed E-state index contributed by atoms with van der Waals surface area (Å²) < 4.78 is 5.83. The Bertz CT molecular complexity index is 768. The summed E-state index contributed by atoms with van der Waals surface area (Å²) >= 11 is 0. The Hall–Kier alpha value is -2.45. The number of methoxy groups -OCH3 is 1. The average Bonchev–Trinajstić information content (AvgIpc) is 2.64. The highest BCUT2D eigenvalue weighted by molar-refractivity contribution is 5.65. The van der Waals surface area contributed by atoms with Crippen LogP contribution in [0.15, 0.2) is 72.9 Å². The molecule has 0 amide bonds. The minimum Gasteiger partial charge on any atom is -0.377 e. The van der Waals surface area contributed by atoms with Gasteiger partial charge < -0.3 is 4.74 Å². The summed E-state index contributed by atoms with van der Waals surface area (Å²) in [6, 6.07) is 23.1. The van der Waals surface area contributed by atoms with Crippen LogP contribution in [0.4, 0.5) is 0 Å². The highest BCUT2D eigenvalue weighted by Gasteiger charge is 2.16. The molecule has 0 aliphatic rings. The van der Waals surface area contributed by atoms with Crippen molar-refractivity contribution in [2.24, 2.45) is 0 Å². The summed E-state index contributed by atoms with van der Waals surface area (Å²) in [6.07, 6.45) is 3.84. The summed E-state index contributed by atoms with van der Waals surface area (Å²) in [4.78, 5) is 4.53. The molecule has 0 N–H and O–H groups in total. The minimum atomic E-state index is 0.0582. The number of rotatable bonds is 6. The zero-order valence-corrected chi connectivity index (χ0v) is 14.3. The second kappa shape index (κ2) is 7.89. The van der Waals surface area contributed by atoms with Gasteiger partial charge in [-0.05, 0) is 49.1 Å². The zero-order chi connectivity index (χ0) is 16.8. The van der Waals surface area contributed by atoms with Gasteiger partial charge in [-0.25, -0.2) is 0 Å². The number of aryl methyl sites for hydroxylation is 2. The minimum absolute atomic E-state index is 0.0582. The van der Waals surface area contributed by atoms with E-state index in [0.717, 1.165) is 24.1 Å². The van der Waals surface area contributed by atoms with Gasteiger partial charge in [0.2, 0.25) is 0 Å². The molecule has 1 atom stereocenters. The summed E-state index contributed by atoms with van der Waals surface area (Å²) in [5.41, 5.74) is 5.94. The zero-order valence-electron chi connectivity index (χ0n) is 14.3. The Kier molecular flexibility index (Phi) is 5.39. The van der Waals surface area contributed by atoms with Crippen molar-refractivity contribution < 1.29 is 4.74 Å². The molecular formula is C22H23NO. The van der Waals surface area contributed by atoms with Crippen LogP contribution in [0.3, 0.4) is 0 Å². The fourth-order valence-electron chi connectivity index (χ4n) is 3.04. The number of aromatic nitrogens is 1. The molecule has 0 fully saturated rings. The maximum Gasteiger partial charge on any atom is 0.0830 e. The fourth-order valence-corrected chi connectivity index (χ4v) is 3.04. The molecular weight excluding hydrogens is 294 g/mol. The van der Waals surface area contributed by atoms with Crippen molar-refractivity contribution in [3.63, 3.8) is 0 Å². The number of hydrogen-bond acceptors (Lipinski definition) is 2. The first-order valence-electron chi connectivity index (χ1n) is 8.36. The molecule has 2 heteroatoms. The predicted molar refractivity (Wildman–Crippen MR) is 98.9 cm³/mol.